The molecular formula is C14H16N4O2S. The van der Waals surface area contributed by atoms with E-state index in [1.54, 1.807) is 4.90 Å². The SMILES string of the molecule is CN1CCc2c(sc(N3CC(C(N)=O)CC3=O)c2C#N)C1. The Morgan fingerprint density at radius 3 is 2.90 bits per heavy atom. The van der Waals surface area contributed by atoms with Crippen LogP contribution in [0, 0.1) is 17.2 Å². The number of carbonyl (C=O) groups is 2. The number of nitrogens with two attached hydrogens (primary N) is 1. The van der Waals surface area contributed by atoms with Crippen molar-refractivity contribution in [2.75, 3.05) is 25.0 Å². The van der Waals surface area contributed by atoms with Crippen molar-refractivity contribution >= 4 is 28.2 Å². The zero-order valence-corrected chi connectivity index (χ0v) is 12.6. The average Bonchev–Trinajstić information content (AvgIpc) is 2.98. The number of hydrogen-bond donors (Lipinski definition) is 1. The van der Waals surface area contributed by atoms with Gasteiger partial charge in [-0.2, -0.15) is 5.26 Å². The van der Waals surface area contributed by atoms with Gasteiger partial charge in [-0.05, 0) is 19.0 Å². The molecule has 0 saturated carbocycles. The van der Waals surface area contributed by atoms with Gasteiger partial charge in [0.05, 0.1) is 11.5 Å². The zero-order chi connectivity index (χ0) is 15.1. The molecule has 2 aliphatic rings. The van der Waals surface area contributed by atoms with Gasteiger partial charge >= 0.3 is 0 Å². The predicted octanol–water partition coefficient (Wildman–Crippen LogP) is 0.446. The van der Waals surface area contributed by atoms with Gasteiger partial charge in [0.15, 0.2) is 0 Å². The number of carbonyl (C=O) groups excluding carboxylic acids is 2. The van der Waals surface area contributed by atoms with Gasteiger partial charge < -0.3 is 15.5 Å². The summed E-state index contributed by atoms with van der Waals surface area (Å²) in [6.45, 7) is 2.00. The molecule has 2 aliphatic heterocycles. The van der Waals surface area contributed by atoms with E-state index in [0.717, 1.165) is 30.0 Å². The van der Waals surface area contributed by atoms with Gasteiger partial charge in [0.2, 0.25) is 11.8 Å². The van der Waals surface area contributed by atoms with E-state index in [1.807, 2.05) is 7.05 Å². The second kappa shape index (κ2) is 5.13. The van der Waals surface area contributed by atoms with Crippen LogP contribution in [0.15, 0.2) is 0 Å². The van der Waals surface area contributed by atoms with E-state index in [1.165, 1.54) is 11.3 Å². The zero-order valence-electron chi connectivity index (χ0n) is 11.8. The van der Waals surface area contributed by atoms with Crippen molar-refractivity contribution in [2.24, 2.45) is 11.7 Å². The molecule has 1 saturated heterocycles. The molecule has 1 aromatic heterocycles. The Morgan fingerprint density at radius 1 is 1.52 bits per heavy atom. The maximum absolute atomic E-state index is 12.1. The Kier molecular flexibility index (Phi) is 3.43. The quantitative estimate of drug-likeness (QED) is 0.858. The van der Waals surface area contributed by atoms with Crippen molar-refractivity contribution in [3.8, 4) is 6.07 Å². The van der Waals surface area contributed by atoms with Crippen LogP contribution in [-0.4, -0.2) is 36.9 Å². The van der Waals surface area contributed by atoms with Gasteiger partial charge in [-0.3, -0.25) is 9.59 Å². The first-order chi connectivity index (χ1) is 10.0. The lowest BCUT2D eigenvalue weighted by molar-refractivity contribution is -0.123. The van der Waals surface area contributed by atoms with Crippen LogP contribution >= 0.6 is 11.3 Å². The van der Waals surface area contributed by atoms with Gasteiger partial charge in [-0.15, -0.1) is 11.3 Å². The number of thiophene rings is 1. The summed E-state index contributed by atoms with van der Waals surface area (Å²) < 4.78 is 0. The van der Waals surface area contributed by atoms with Crippen molar-refractivity contribution in [3.05, 3.63) is 16.0 Å². The molecule has 21 heavy (non-hydrogen) atoms. The van der Waals surface area contributed by atoms with E-state index in [-0.39, 0.29) is 18.9 Å². The molecule has 7 heteroatoms. The first-order valence-electron chi connectivity index (χ1n) is 6.84. The van der Waals surface area contributed by atoms with Crippen molar-refractivity contribution in [3.63, 3.8) is 0 Å². The summed E-state index contributed by atoms with van der Waals surface area (Å²) in [5.74, 6) is -1.03. The van der Waals surface area contributed by atoms with Crippen molar-refractivity contribution in [1.29, 1.82) is 5.26 Å². The van der Waals surface area contributed by atoms with E-state index in [0.29, 0.717) is 10.6 Å². The van der Waals surface area contributed by atoms with Gasteiger partial charge in [-0.1, -0.05) is 0 Å². The van der Waals surface area contributed by atoms with Crippen LogP contribution in [0.4, 0.5) is 5.00 Å². The highest BCUT2D eigenvalue weighted by molar-refractivity contribution is 7.16. The highest BCUT2D eigenvalue weighted by Gasteiger charge is 2.37. The van der Waals surface area contributed by atoms with Crippen molar-refractivity contribution < 1.29 is 9.59 Å². The van der Waals surface area contributed by atoms with E-state index < -0.39 is 11.8 Å². The molecule has 1 fully saturated rings. The molecule has 0 spiro atoms. The lowest BCUT2D eigenvalue weighted by Gasteiger charge is -2.21. The number of nitriles is 1. The maximum Gasteiger partial charge on any atom is 0.228 e. The monoisotopic (exact) mass is 304 g/mol. The molecule has 0 aliphatic carbocycles. The summed E-state index contributed by atoms with van der Waals surface area (Å²) in [4.78, 5) is 28.3. The number of fused-ring (bicyclic) bond motifs is 1. The smallest absolute Gasteiger partial charge is 0.228 e. The molecule has 6 nitrogen and oxygen atoms in total. The first-order valence-corrected chi connectivity index (χ1v) is 7.65. The third-order valence-corrected chi connectivity index (χ3v) is 5.35. The fourth-order valence-corrected chi connectivity index (χ4v) is 4.32. The lowest BCUT2D eigenvalue weighted by Crippen LogP contribution is -2.28. The molecule has 110 valence electrons. The third-order valence-electron chi connectivity index (χ3n) is 4.11. The van der Waals surface area contributed by atoms with Crippen molar-refractivity contribution in [2.45, 2.75) is 19.4 Å². The molecule has 3 heterocycles. The minimum absolute atomic E-state index is 0.123. The predicted molar refractivity (Wildman–Crippen MR) is 78.7 cm³/mol. The molecule has 0 aromatic carbocycles. The van der Waals surface area contributed by atoms with E-state index in [2.05, 4.69) is 11.0 Å². The lowest BCUT2D eigenvalue weighted by atomic mass is 10.0. The van der Waals surface area contributed by atoms with Crippen LogP contribution in [0.2, 0.25) is 0 Å². The van der Waals surface area contributed by atoms with Gasteiger partial charge in [0.1, 0.15) is 11.1 Å². The average molecular weight is 304 g/mol. The summed E-state index contributed by atoms with van der Waals surface area (Å²) in [7, 11) is 2.04. The van der Waals surface area contributed by atoms with E-state index in [9.17, 15) is 14.9 Å². The largest absolute Gasteiger partial charge is 0.369 e. The second-order valence-corrected chi connectivity index (χ2v) is 6.67. The van der Waals surface area contributed by atoms with Crippen LogP contribution in [0.25, 0.3) is 0 Å². The van der Waals surface area contributed by atoms with Gasteiger partial charge in [-0.25, -0.2) is 0 Å². The van der Waals surface area contributed by atoms with E-state index >= 15 is 0 Å². The molecule has 1 aromatic rings. The molecule has 0 bridgehead atoms. The Balaban J connectivity index is 1.98. The number of rotatable bonds is 2. The summed E-state index contributed by atoms with van der Waals surface area (Å²) in [5, 5.41) is 10.2. The standard InChI is InChI=1S/C14H16N4O2S/c1-17-3-2-9-10(5-15)14(21-11(9)7-17)18-6-8(13(16)20)4-12(18)19/h8H,2-4,6-7H2,1H3,(H2,16,20). The number of hydrogen-bond acceptors (Lipinski definition) is 5. The van der Waals surface area contributed by atoms with Gasteiger partial charge in [0, 0.05) is 30.9 Å². The van der Waals surface area contributed by atoms with Crippen molar-refractivity contribution in [1.82, 2.24) is 4.90 Å². The van der Waals surface area contributed by atoms with E-state index in [4.69, 9.17) is 5.73 Å². The molecule has 3 rings (SSSR count). The number of nitrogens with zero attached hydrogens (tertiary/aromatic N) is 3. The number of primary amides is 1. The minimum atomic E-state index is -0.453. The fourth-order valence-electron chi connectivity index (χ4n) is 2.92. The minimum Gasteiger partial charge on any atom is -0.369 e. The molecule has 2 N–H and O–H groups in total. The Morgan fingerprint density at radius 2 is 2.29 bits per heavy atom. The van der Waals surface area contributed by atoms with Crippen LogP contribution in [0.5, 0.6) is 0 Å². The molecule has 1 unspecified atom stereocenters. The molecular weight excluding hydrogens is 288 g/mol. The van der Waals surface area contributed by atoms with Gasteiger partial charge in [0.25, 0.3) is 0 Å². The Hall–Kier alpha value is -1.91. The Bertz CT molecular complexity index is 661. The van der Waals surface area contributed by atoms with Crippen LogP contribution < -0.4 is 10.6 Å². The molecule has 1 atom stereocenters. The third kappa shape index (κ3) is 2.30. The van der Waals surface area contributed by atoms with Crippen LogP contribution in [0.1, 0.15) is 22.4 Å². The summed E-state index contributed by atoms with van der Waals surface area (Å²) >= 11 is 1.49. The number of likely N-dealkylation sites (N-methyl/N-ethyl adjacent to an activating group) is 1. The van der Waals surface area contributed by atoms with Crippen LogP contribution in [-0.2, 0) is 22.6 Å². The number of anilines is 1. The second-order valence-electron chi connectivity index (χ2n) is 5.59. The molecule has 2 amide bonds. The summed E-state index contributed by atoms with van der Waals surface area (Å²) in [5.41, 5.74) is 6.96. The maximum atomic E-state index is 12.1. The Labute approximate surface area is 126 Å². The van der Waals surface area contributed by atoms with Crippen LogP contribution in [0.3, 0.4) is 0 Å². The first kappa shape index (κ1) is 14.0. The highest BCUT2D eigenvalue weighted by Crippen LogP contribution is 2.40. The topological polar surface area (TPSA) is 90.4 Å². The summed E-state index contributed by atoms with van der Waals surface area (Å²) in [6.07, 6.45) is 0.967. The fraction of sp³-hybridized carbons (Fsp3) is 0.500. The highest BCUT2D eigenvalue weighted by atomic mass is 32.1. The normalized spacial score (nSPS) is 22.2. The summed E-state index contributed by atoms with van der Waals surface area (Å²) in [6, 6.07) is 2.24. The number of amides is 2. The molecule has 0 radical (unpaired) electrons.